The van der Waals surface area contributed by atoms with Crippen LogP contribution in [-0.2, 0) is 9.47 Å². The molecule has 2 aliphatic heterocycles. The van der Waals surface area contributed by atoms with Crippen LogP contribution in [0.15, 0.2) is 121 Å². The molecule has 266 valence electrons. The molecule has 0 N–H and O–H groups in total. The summed E-state index contributed by atoms with van der Waals surface area (Å²) in [7, 11) is 0. The number of benzene rings is 5. The highest BCUT2D eigenvalue weighted by Gasteiger charge is 2.23. The number of amides is 1. The van der Waals surface area contributed by atoms with Crippen LogP contribution in [0.4, 0.5) is 5.69 Å². The molecular weight excluding hydrogens is 654 g/mol. The predicted octanol–water partition coefficient (Wildman–Crippen LogP) is 9.02. The van der Waals surface area contributed by atoms with E-state index in [0.717, 1.165) is 72.6 Å². The Hall–Kier alpha value is -5.44. The van der Waals surface area contributed by atoms with Crippen molar-refractivity contribution in [1.82, 2.24) is 0 Å². The van der Waals surface area contributed by atoms with Crippen LogP contribution in [0, 0.1) is 0 Å². The second kappa shape index (κ2) is 16.7. The van der Waals surface area contributed by atoms with Gasteiger partial charge in [-0.1, -0.05) is 67.9 Å². The smallest absolute Gasteiger partial charge is 0.343 e. The Morgan fingerprint density at radius 3 is 1.60 bits per heavy atom. The van der Waals surface area contributed by atoms with Gasteiger partial charge in [0, 0.05) is 36.7 Å². The number of hydrogen-bond donors (Lipinski definition) is 0. The van der Waals surface area contributed by atoms with Gasteiger partial charge in [0.2, 0.25) is 0 Å². The molecule has 2 atom stereocenters. The maximum atomic E-state index is 13.9. The van der Waals surface area contributed by atoms with Crippen LogP contribution >= 0.6 is 0 Å². The molecule has 0 aliphatic carbocycles. The molecule has 2 unspecified atom stereocenters. The van der Waals surface area contributed by atoms with E-state index in [1.165, 1.54) is 0 Å². The molecule has 2 aliphatic rings. The quantitative estimate of drug-likeness (QED) is 0.0544. The van der Waals surface area contributed by atoms with Crippen LogP contribution in [0.25, 0.3) is 22.3 Å². The van der Waals surface area contributed by atoms with Crippen molar-refractivity contribution in [2.75, 3.05) is 37.9 Å². The van der Waals surface area contributed by atoms with Crippen molar-refractivity contribution >= 4 is 17.6 Å². The lowest BCUT2D eigenvalue weighted by molar-refractivity contribution is 0.0734. The van der Waals surface area contributed by atoms with E-state index in [4.69, 9.17) is 23.7 Å². The number of carbonyl (C=O) groups is 2. The third-order valence-electron chi connectivity index (χ3n) is 9.17. The molecule has 0 saturated carbocycles. The Kier molecular flexibility index (Phi) is 11.2. The molecule has 5 aromatic carbocycles. The van der Waals surface area contributed by atoms with Crippen LogP contribution in [0.2, 0.25) is 0 Å². The van der Waals surface area contributed by atoms with E-state index in [1.54, 1.807) is 35.2 Å². The normalized spacial score (nSPS) is 15.8. The first-order valence-corrected chi connectivity index (χ1v) is 18.1. The number of esters is 1. The van der Waals surface area contributed by atoms with Gasteiger partial charge in [0.05, 0.1) is 44.2 Å². The van der Waals surface area contributed by atoms with E-state index in [-0.39, 0.29) is 5.91 Å². The maximum Gasteiger partial charge on any atom is 0.343 e. The van der Waals surface area contributed by atoms with Gasteiger partial charge in [0.25, 0.3) is 5.91 Å². The number of nitrogens with zero attached hydrogens (tertiary/aromatic N) is 1. The zero-order valence-corrected chi connectivity index (χ0v) is 29.4. The topological polar surface area (TPSA) is 90.1 Å². The molecule has 2 saturated heterocycles. The van der Waals surface area contributed by atoms with Crippen molar-refractivity contribution in [3.8, 4) is 39.5 Å². The van der Waals surface area contributed by atoms with Crippen LogP contribution in [0.5, 0.6) is 17.2 Å². The fourth-order valence-corrected chi connectivity index (χ4v) is 5.88. The lowest BCUT2D eigenvalue weighted by Crippen LogP contribution is -2.32. The third-order valence-corrected chi connectivity index (χ3v) is 9.17. The molecule has 7 rings (SSSR count). The van der Waals surface area contributed by atoms with E-state index < -0.39 is 5.97 Å². The van der Waals surface area contributed by atoms with Crippen molar-refractivity contribution in [1.29, 1.82) is 0 Å². The van der Waals surface area contributed by atoms with Crippen molar-refractivity contribution in [2.45, 2.75) is 44.8 Å². The third kappa shape index (κ3) is 9.46. The first-order valence-electron chi connectivity index (χ1n) is 18.1. The average molecular weight is 698 g/mol. The minimum absolute atomic E-state index is 0.116. The maximum absolute atomic E-state index is 13.9. The van der Waals surface area contributed by atoms with Gasteiger partial charge in [-0.05, 0) is 89.3 Å². The number of hydrogen-bond acceptors (Lipinski definition) is 7. The molecule has 0 spiro atoms. The Balaban J connectivity index is 0.971. The predicted molar refractivity (Wildman–Crippen MR) is 201 cm³/mol. The summed E-state index contributed by atoms with van der Waals surface area (Å²) >= 11 is 0. The van der Waals surface area contributed by atoms with E-state index >= 15 is 0 Å². The summed E-state index contributed by atoms with van der Waals surface area (Å²) in [4.78, 5) is 28.8. The van der Waals surface area contributed by atoms with Crippen molar-refractivity contribution < 1.29 is 33.3 Å². The number of carbonyl (C=O) groups excluding carboxylic acids is 2. The molecule has 2 heterocycles. The van der Waals surface area contributed by atoms with Gasteiger partial charge in [-0.15, -0.1) is 0 Å². The van der Waals surface area contributed by atoms with Crippen LogP contribution < -0.4 is 19.1 Å². The highest BCUT2D eigenvalue weighted by Crippen LogP contribution is 2.28. The SMILES string of the molecule is CCCCN(C(=O)c1ccc(-c2ccc(OCCC3CO3)cc2)cc1)c1cccc(OC(=O)c2ccc(-c3ccc(OCCC4CO4)cc3)cc2)c1. The zero-order chi connectivity index (χ0) is 35.7. The first-order chi connectivity index (χ1) is 25.5. The Bertz CT molecular complexity index is 1930. The number of epoxide rings is 2. The summed E-state index contributed by atoms with van der Waals surface area (Å²) < 4.78 is 27.9. The Morgan fingerprint density at radius 1 is 0.635 bits per heavy atom. The largest absolute Gasteiger partial charge is 0.493 e. The monoisotopic (exact) mass is 697 g/mol. The second-order valence-electron chi connectivity index (χ2n) is 13.1. The minimum Gasteiger partial charge on any atom is -0.493 e. The number of rotatable bonds is 17. The van der Waals surface area contributed by atoms with Crippen molar-refractivity contribution in [2.24, 2.45) is 0 Å². The molecule has 1 amide bonds. The molecule has 52 heavy (non-hydrogen) atoms. The van der Waals surface area contributed by atoms with Crippen LogP contribution in [0.3, 0.4) is 0 Å². The Morgan fingerprint density at radius 2 is 1.12 bits per heavy atom. The van der Waals surface area contributed by atoms with E-state index in [2.05, 4.69) is 6.92 Å². The van der Waals surface area contributed by atoms with Gasteiger partial charge in [-0.3, -0.25) is 4.79 Å². The van der Waals surface area contributed by atoms with Crippen molar-refractivity contribution in [3.05, 3.63) is 132 Å². The summed E-state index contributed by atoms with van der Waals surface area (Å²) in [6, 6.07) is 38.0. The van der Waals surface area contributed by atoms with E-state index in [9.17, 15) is 9.59 Å². The molecule has 0 bridgehead atoms. The summed E-state index contributed by atoms with van der Waals surface area (Å²) in [6.07, 6.45) is 4.26. The molecule has 5 aromatic rings. The molecular formula is C44H43NO7. The molecule has 8 heteroatoms. The molecule has 0 aromatic heterocycles. The molecule has 2 fully saturated rings. The van der Waals surface area contributed by atoms with Crippen molar-refractivity contribution in [3.63, 3.8) is 0 Å². The van der Waals surface area contributed by atoms with Gasteiger partial charge in [-0.25, -0.2) is 4.79 Å². The summed E-state index contributed by atoms with van der Waals surface area (Å²) in [5.74, 6) is 1.43. The van der Waals surface area contributed by atoms with Crippen LogP contribution in [0.1, 0.15) is 53.3 Å². The van der Waals surface area contributed by atoms with Crippen LogP contribution in [-0.4, -0.2) is 57.1 Å². The molecule has 8 nitrogen and oxygen atoms in total. The first kappa shape index (κ1) is 35.0. The minimum atomic E-state index is -0.471. The standard InChI is InChI=1S/C44H43NO7/c1-2-3-25-45(43(46)35-11-7-31(8-12-35)33-15-19-38(20-16-33)48-26-23-41-29-50-41)37-5-4-6-40(28-37)52-44(47)36-13-9-32(10-14-36)34-17-21-39(22-18-34)49-27-24-42-30-51-42/h4-22,28,41-42H,2-3,23-27,29-30H2,1H3. The van der Waals surface area contributed by atoms with Gasteiger partial charge in [-0.2, -0.15) is 0 Å². The lowest BCUT2D eigenvalue weighted by atomic mass is 10.0. The second-order valence-corrected chi connectivity index (χ2v) is 13.1. The fourth-order valence-electron chi connectivity index (χ4n) is 5.88. The highest BCUT2D eigenvalue weighted by molar-refractivity contribution is 6.06. The van der Waals surface area contributed by atoms with E-state index in [1.807, 2.05) is 91.0 Å². The Labute approximate surface area is 304 Å². The average Bonchev–Trinajstić information content (AvgIpc) is 4.13. The number of unbranched alkanes of at least 4 members (excludes halogenated alkanes) is 1. The fraction of sp³-hybridized carbons (Fsp3) is 0.273. The lowest BCUT2D eigenvalue weighted by Gasteiger charge is -2.23. The van der Waals surface area contributed by atoms with Gasteiger partial charge in [0.1, 0.15) is 17.2 Å². The number of ether oxygens (including phenoxy) is 5. The summed E-state index contributed by atoms with van der Waals surface area (Å²) in [5.41, 5.74) is 5.73. The summed E-state index contributed by atoms with van der Waals surface area (Å²) in [5, 5.41) is 0. The molecule has 0 radical (unpaired) electrons. The summed E-state index contributed by atoms with van der Waals surface area (Å²) in [6.45, 7) is 5.57. The van der Waals surface area contributed by atoms with Gasteiger partial charge in [0.15, 0.2) is 0 Å². The zero-order valence-electron chi connectivity index (χ0n) is 29.4. The van der Waals surface area contributed by atoms with Gasteiger partial charge >= 0.3 is 5.97 Å². The van der Waals surface area contributed by atoms with E-state index in [0.29, 0.717) is 54.5 Å². The number of anilines is 1. The van der Waals surface area contributed by atoms with Gasteiger partial charge < -0.3 is 28.6 Å². The highest BCUT2D eigenvalue weighted by atomic mass is 16.6.